The van der Waals surface area contributed by atoms with Gasteiger partial charge in [0.15, 0.2) is 0 Å². The highest BCUT2D eigenvalue weighted by Crippen LogP contribution is 2.21. The van der Waals surface area contributed by atoms with Crippen LogP contribution < -0.4 is 5.73 Å². The number of rotatable bonds is 3. The van der Waals surface area contributed by atoms with E-state index in [1.807, 2.05) is 11.7 Å². The molecule has 0 spiro atoms. The largest absolute Gasteiger partial charge is 0.392 e. The van der Waals surface area contributed by atoms with Crippen LogP contribution in [0.25, 0.3) is 0 Å². The van der Waals surface area contributed by atoms with Gasteiger partial charge in [-0.15, -0.1) is 11.3 Å². The maximum Gasteiger partial charge on any atom is 0.0902 e. The van der Waals surface area contributed by atoms with Crippen molar-refractivity contribution in [1.82, 2.24) is 9.88 Å². The van der Waals surface area contributed by atoms with Crippen LogP contribution in [0.5, 0.6) is 0 Å². The molecule has 3 nitrogen and oxygen atoms in total. The molecule has 2 rings (SSSR count). The van der Waals surface area contributed by atoms with Crippen molar-refractivity contribution in [3.8, 4) is 0 Å². The van der Waals surface area contributed by atoms with E-state index >= 15 is 0 Å². The average Bonchev–Trinajstić information content (AvgIpc) is 2.75. The summed E-state index contributed by atoms with van der Waals surface area (Å²) < 4.78 is 0. The first kappa shape index (κ1) is 10.0. The number of likely N-dealkylation sites (tertiary alicyclic amines) is 1. The molecule has 5 heteroatoms. The van der Waals surface area contributed by atoms with Crippen molar-refractivity contribution >= 4 is 28.5 Å². The molecule has 0 radical (unpaired) electrons. The van der Waals surface area contributed by atoms with Crippen molar-refractivity contribution in [2.24, 2.45) is 5.73 Å². The summed E-state index contributed by atoms with van der Waals surface area (Å²) in [6, 6.07) is 0.298. The van der Waals surface area contributed by atoms with Gasteiger partial charge in [-0.3, -0.25) is 9.88 Å². The molecule has 1 aliphatic heterocycles. The minimum atomic E-state index is 0.298. The van der Waals surface area contributed by atoms with E-state index < -0.39 is 0 Å². The molecule has 0 saturated carbocycles. The Morgan fingerprint density at radius 3 is 3.29 bits per heavy atom. The lowest BCUT2D eigenvalue weighted by atomic mass is 10.2. The molecule has 1 saturated heterocycles. The van der Waals surface area contributed by atoms with Gasteiger partial charge in [-0.05, 0) is 19.4 Å². The zero-order valence-corrected chi connectivity index (χ0v) is 9.48. The summed E-state index contributed by atoms with van der Waals surface area (Å²) in [6.45, 7) is 2.03. The smallest absolute Gasteiger partial charge is 0.0902 e. The van der Waals surface area contributed by atoms with Gasteiger partial charge in [-0.1, -0.05) is 12.2 Å². The second-order valence-corrected chi connectivity index (χ2v) is 4.94. The van der Waals surface area contributed by atoms with Crippen molar-refractivity contribution in [1.29, 1.82) is 0 Å². The first-order valence-electron chi connectivity index (χ1n) is 4.68. The van der Waals surface area contributed by atoms with Gasteiger partial charge in [0.1, 0.15) is 0 Å². The van der Waals surface area contributed by atoms with Crippen molar-refractivity contribution in [3.05, 3.63) is 16.6 Å². The Bertz CT molecular complexity index is 310. The summed E-state index contributed by atoms with van der Waals surface area (Å²) in [7, 11) is 0. The van der Waals surface area contributed by atoms with E-state index in [4.69, 9.17) is 18.0 Å². The second kappa shape index (κ2) is 4.33. The number of nitrogens with two attached hydrogens (primary N) is 1. The Morgan fingerprint density at radius 1 is 1.79 bits per heavy atom. The lowest BCUT2D eigenvalue weighted by molar-refractivity contribution is 0.298. The van der Waals surface area contributed by atoms with Crippen LogP contribution in [-0.2, 0) is 6.54 Å². The van der Waals surface area contributed by atoms with E-state index in [0.29, 0.717) is 11.0 Å². The molecule has 0 aromatic carbocycles. The average molecular weight is 227 g/mol. The van der Waals surface area contributed by atoms with E-state index in [9.17, 15) is 0 Å². The van der Waals surface area contributed by atoms with Crippen LogP contribution in [0.2, 0.25) is 0 Å². The molecule has 0 amide bonds. The Morgan fingerprint density at radius 2 is 2.64 bits per heavy atom. The van der Waals surface area contributed by atoms with Crippen LogP contribution in [0.4, 0.5) is 0 Å². The summed E-state index contributed by atoms with van der Waals surface area (Å²) in [6.07, 6.45) is 4.22. The van der Waals surface area contributed by atoms with Gasteiger partial charge in [0.25, 0.3) is 0 Å². The minimum absolute atomic E-state index is 0.298. The minimum Gasteiger partial charge on any atom is -0.392 e. The van der Waals surface area contributed by atoms with E-state index in [0.717, 1.165) is 19.5 Å². The number of hydrogen-bond donors (Lipinski definition) is 1. The van der Waals surface area contributed by atoms with Crippen LogP contribution in [-0.4, -0.2) is 27.5 Å². The predicted octanol–water partition coefficient (Wildman–Crippen LogP) is 1.39. The molecule has 2 heterocycles. The summed E-state index contributed by atoms with van der Waals surface area (Å²) >= 11 is 6.74. The fourth-order valence-corrected chi connectivity index (χ4v) is 2.74. The van der Waals surface area contributed by atoms with Gasteiger partial charge in [0.2, 0.25) is 0 Å². The fourth-order valence-electron chi connectivity index (χ4n) is 1.86. The maximum atomic E-state index is 5.69. The highest BCUT2D eigenvalue weighted by molar-refractivity contribution is 7.80. The zero-order valence-electron chi connectivity index (χ0n) is 7.85. The molecule has 1 unspecified atom stereocenters. The number of thiocarbonyl (C=S) groups is 1. The van der Waals surface area contributed by atoms with Gasteiger partial charge >= 0.3 is 0 Å². The van der Waals surface area contributed by atoms with E-state index in [1.54, 1.807) is 11.3 Å². The number of thiazole rings is 1. The molecule has 1 aliphatic rings. The highest BCUT2D eigenvalue weighted by atomic mass is 32.1. The quantitative estimate of drug-likeness (QED) is 0.793. The molecular formula is C9H13N3S2. The van der Waals surface area contributed by atoms with Crippen LogP contribution in [0, 0.1) is 0 Å². The molecule has 1 fully saturated rings. The first-order chi connectivity index (χ1) is 6.77. The highest BCUT2D eigenvalue weighted by Gasteiger charge is 2.26. The lowest BCUT2D eigenvalue weighted by Gasteiger charge is -2.22. The molecule has 0 bridgehead atoms. The lowest BCUT2D eigenvalue weighted by Crippen LogP contribution is -2.38. The van der Waals surface area contributed by atoms with Gasteiger partial charge < -0.3 is 5.73 Å². The van der Waals surface area contributed by atoms with E-state index in [1.165, 1.54) is 11.3 Å². The van der Waals surface area contributed by atoms with Gasteiger partial charge in [-0.25, -0.2) is 0 Å². The topological polar surface area (TPSA) is 42.1 Å². The summed E-state index contributed by atoms with van der Waals surface area (Å²) in [4.78, 5) is 8.32. The Hall–Kier alpha value is -0.520. The second-order valence-electron chi connectivity index (χ2n) is 3.50. The molecular weight excluding hydrogens is 214 g/mol. The van der Waals surface area contributed by atoms with Crippen LogP contribution in [0.3, 0.4) is 0 Å². The van der Waals surface area contributed by atoms with Crippen molar-refractivity contribution in [3.63, 3.8) is 0 Å². The van der Waals surface area contributed by atoms with E-state index in [-0.39, 0.29) is 0 Å². The van der Waals surface area contributed by atoms with Gasteiger partial charge in [0.05, 0.1) is 16.5 Å². The molecule has 76 valence electrons. The van der Waals surface area contributed by atoms with Gasteiger partial charge in [-0.2, -0.15) is 0 Å². The zero-order chi connectivity index (χ0) is 9.97. The molecule has 1 aromatic heterocycles. The third-order valence-electron chi connectivity index (χ3n) is 2.53. The molecule has 0 aliphatic carbocycles. The number of nitrogens with zero attached hydrogens (tertiary/aromatic N) is 2. The molecule has 1 atom stereocenters. The van der Waals surface area contributed by atoms with Crippen LogP contribution in [0.15, 0.2) is 11.7 Å². The Balaban J connectivity index is 2.00. The third kappa shape index (κ3) is 2.10. The summed E-state index contributed by atoms with van der Waals surface area (Å²) in [5, 5.41) is 0. The van der Waals surface area contributed by atoms with Crippen molar-refractivity contribution in [2.75, 3.05) is 6.54 Å². The van der Waals surface area contributed by atoms with Crippen LogP contribution >= 0.6 is 23.6 Å². The normalized spacial score (nSPS) is 22.7. The van der Waals surface area contributed by atoms with Crippen molar-refractivity contribution < 1.29 is 0 Å². The fraction of sp³-hybridized carbons (Fsp3) is 0.556. The SMILES string of the molecule is NC(=S)C1CCCN1Cc1cncs1. The summed E-state index contributed by atoms with van der Waals surface area (Å²) in [5.41, 5.74) is 7.56. The number of aromatic nitrogens is 1. The number of hydrogen-bond acceptors (Lipinski definition) is 4. The van der Waals surface area contributed by atoms with Gasteiger partial charge in [0, 0.05) is 17.6 Å². The first-order valence-corrected chi connectivity index (χ1v) is 5.97. The standard InChI is InChI=1S/C9H13N3S2/c10-9(13)8-2-1-3-12(8)5-7-4-11-6-14-7/h4,6,8H,1-3,5H2,(H2,10,13). The Labute approximate surface area is 92.9 Å². The monoisotopic (exact) mass is 227 g/mol. The van der Waals surface area contributed by atoms with Crippen LogP contribution in [0.1, 0.15) is 17.7 Å². The molecule has 2 N–H and O–H groups in total. The third-order valence-corrected chi connectivity index (χ3v) is 3.57. The predicted molar refractivity (Wildman–Crippen MR) is 62.3 cm³/mol. The van der Waals surface area contributed by atoms with E-state index in [2.05, 4.69) is 9.88 Å². The maximum absolute atomic E-state index is 5.69. The van der Waals surface area contributed by atoms with Crippen molar-refractivity contribution in [2.45, 2.75) is 25.4 Å². The summed E-state index contributed by atoms with van der Waals surface area (Å²) in [5.74, 6) is 0. The Kier molecular flexibility index (Phi) is 3.10. The molecule has 14 heavy (non-hydrogen) atoms. The molecule has 1 aromatic rings.